The van der Waals surface area contributed by atoms with Crippen LogP contribution in [0.5, 0.6) is 0 Å². The summed E-state index contributed by atoms with van der Waals surface area (Å²) < 4.78 is 0. The maximum atomic E-state index is 10.6. The van der Waals surface area contributed by atoms with Gasteiger partial charge in [0.2, 0.25) is 0 Å². The van der Waals surface area contributed by atoms with Gasteiger partial charge in [-0.25, -0.2) is 4.79 Å². The largest absolute Gasteiger partial charge is 0.427 e. The molecule has 0 aromatic heterocycles. The van der Waals surface area contributed by atoms with Gasteiger partial charge in [-0.3, -0.25) is 9.68 Å². The summed E-state index contributed by atoms with van der Waals surface area (Å²) >= 11 is 4.84. The van der Waals surface area contributed by atoms with Crippen molar-refractivity contribution in [2.45, 2.75) is 46.6 Å². The van der Waals surface area contributed by atoms with Crippen molar-refractivity contribution in [3.05, 3.63) is 0 Å². The lowest BCUT2D eigenvalue weighted by atomic mass is 9.84. The summed E-state index contributed by atoms with van der Waals surface area (Å²) in [6.45, 7) is 9.65. The van der Waals surface area contributed by atoms with E-state index >= 15 is 0 Å². The Morgan fingerprint density at radius 3 is 2.00 bits per heavy atom. The molecule has 0 saturated carbocycles. The van der Waals surface area contributed by atoms with Gasteiger partial charge in [0.1, 0.15) is 5.60 Å². The third-order valence-electron chi connectivity index (χ3n) is 1.49. The van der Waals surface area contributed by atoms with E-state index in [9.17, 15) is 9.59 Å². The molecule has 0 unspecified atom stereocenters. The van der Waals surface area contributed by atoms with E-state index < -0.39 is 16.8 Å². The lowest BCUT2D eigenvalue weighted by Crippen LogP contribution is -2.31. The van der Waals surface area contributed by atoms with Gasteiger partial charge in [-0.1, -0.05) is 20.8 Å². The molecule has 0 atom stereocenters. The molecule has 0 aromatic carbocycles. The first-order valence-corrected chi connectivity index (χ1v) is 5.17. The molecule has 0 aliphatic rings. The van der Waals surface area contributed by atoms with E-state index in [1.807, 2.05) is 20.8 Å². The summed E-state index contributed by atoms with van der Waals surface area (Å²) in [5.41, 5.74) is -0.618. The zero-order valence-electron chi connectivity index (χ0n) is 10.1. The van der Waals surface area contributed by atoms with E-state index in [1.54, 1.807) is 13.8 Å². The molecule has 0 rings (SSSR count). The van der Waals surface area contributed by atoms with Gasteiger partial charge in [0.05, 0.1) is 0 Å². The zero-order chi connectivity index (χ0) is 13.0. The van der Waals surface area contributed by atoms with Gasteiger partial charge >= 0.3 is 11.2 Å². The van der Waals surface area contributed by atoms with Gasteiger partial charge in [0.15, 0.2) is 0 Å². The Morgan fingerprint density at radius 1 is 1.12 bits per heavy atom. The average Bonchev–Trinajstić information content (AvgIpc) is 1.98. The number of carbonyl (C=O) groups is 2. The lowest BCUT2D eigenvalue weighted by molar-refractivity contribution is -0.516. The predicted molar refractivity (Wildman–Crippen MR) is 57.3 cm³/mol. The maximum absolute atomic E-state index is 10.6. The molecule has 0 aliphatic carbocycles. The van der Waals surface area contributed by atoms with Crippen molar-refractivity contribution in [3.8, 4) is 0 Å². The molecular weight excluding hydrogens is 236 g/mol. The minimum Gasteiger partial charge on any atom is -0.268 e. The molecule has 94 valence electrons. The topological polar surface area (TPSA) is 61.8 Å². The third-order valence-corrected chi connectivity index (χ3v) is 1.64. The third kappa shape index (κ3) is 7.62. The van der Waals surface area contributed by atoms with E-state index in [2.05, 4.69) is 9.93 Å². The van der Waals surface area contributed by atoms with Crippen LogP contribution in [0.4, 0.5) is 0 Å². The summed E-state index contributed by atoms with van der Waals surface area (Å²) in [4.78, 5) is 29.8. The molecule has 0 heterocycles. The Labute approximate surface area is 99.8 Å². The highest BCUT2D eigenvalue weighted by atomic mass is 35.5. The molecule has 0 radical (unpaired) electrons. The highest BCUT2D eigenvalue weighted by Gasteiger charge is 2.28. The molecule has 0 aromatic rings. The number of hydrogen-bond acceptors (Lipinski definition) is 5. The van der Waals surface area contributed by atoms with E-state index in [-0.39, 0.29) is 5.41 Å². The molecular formula is C10H17ClO5. The molecule has 16 heavy (non-hydrogen) atoms. The normalized spacial score (nSPS) is 12.4. The number of hydrogen-bond donors (Lipinski definition) is 0. The Hall–Kier alpha value is -0.650. The molecule has 0 saturated heterocycles. The number of rotatable bonds is 5. The molecule has 0 amide bonds. The van der Waals surface area contributed by atoms with Crippen LogP contribution in [0.3, 0.4) is 0 Å². The summed E-state index contributed by atoms with van der Waals surface area (Å²) in [6.07, 6.45) is 0.673. The molecule has 0 fully saturated rings. The fourth-order valence-corrected chi connectivity index (χ4v) is 1.51. The second-order valence-corrected chi connectivity index (χ2v) is 5.64. The van der Waals surface area contributed by atoms with Crippen LogP contribution in [-0.2, 0) is 24.4 Å². The quantitative estimate of drug-likeness (QED) is 0.325. The minimum atomic E-state index is -1.31. The van der Waals surface area contributed by atoms with Crippen LogP contribution in [0.1, 0.15) is 41.0 Å². The standard InChI is InChI=1S/C10H17ClO5/c1-9(2,3)6-10(4,5)15-16-14-8(13)7(11)12/h6H2,1-5H3. The Bertz CT molecular complexity index is 267. The fraction of sp³-hybridized carbons (Fsp3) is 0.800. The summed E-state index contributed by atoms with van der Waals surface area (Å²) in [7, 11) is 0. The molecule has 0 aliphatic heterocycles. The second-order valence-electron chi connectivity index (χ2n) is 5.29. The number of halogens is 1. The van der Waals surface area contributed by atoms with Crippen molar-refractivity contribution in [3.63, 3.8) is 0 Å². The Morgan fingerprint density at radius 2 is 1.62 bits per heavy atom. The van der Waals surface area contributed by atoms with E-state index in [0.717, 1.165) is 0 Å². The highest BCUT2D eigenvalue weighted by Crippen LogP contribution is 2.29. The van der Waals surface area contributed by atoms with Gasteiger partial charge < -0.3 is 0 Å². The first kappa shape index (κ1) is 15.3. The van der Waals surface area contributed by atoms with Gasteiger partial charge in [0, 0.05) is 0 Å². The zero-order valence-corrected chi connectivity index (χ0v) is 10.9. The Kier molecular flexibility index (Phi) is 5.38. The highest BCUT2D eigenvalue weighted by molar-refractivity contribution is 6.80. The van der Waals surface area contributed by atoms with Crippen molar-refractivity contribution in [2.24, 2.45) is 5.41 Å². The molecule has 0 spiro atoms. The molecule has 6 heteroatoms. The van der Waals surface area contributed by atoms with Crippen molar-refractivity contribution in [1.82, 2.24) is 0 Å². The van der Waals surface area contributed by atoms with Crippen LogP contribution in [0.2, 0.25) is 0 Å². The minimum absolute atomic E-state index is 0.0270. The van der Waals surface area contributed by atoms with Crippen molar-refractivity contribution in [1.29, 1.82) is 0 Å². The van der Waals surface area contributed by atoms with E-state index in [4.69, 9.17) is 16.5 Å². The predicted octanol–water partition coefficient (Wildman–Crippen LogP) is 2.37. The summed E-state index contributed by atoms with van der Waals surface area (Å²) in [6, 6.07) is 0. The summed E-state index contributed by atoms with van der Waals surface area (Å²) in [5.74, 6) is -1.31. The van der Waals surface area contributed by atoms with Crippen LogP contribution in [0.15, 0.2) is 0 Å². The monoisotopic (exact) mass is 252 g/mol. The van der Waals surface area contributed by atoms with Gasteiger partial charge in [-0.15, -0.1) is 0 Å². The molecule has 0 bridgehead atoms. The fourth-order valence-electron chi connectivity index (χ4n) is 1.48. The lowest BCUT2D eigenvalue weighted by Gasteiger charge is -2.29. The van der Waals surface area contributed by atoms with Crippen molar-refractivity contribution < 1.29 is 24.4 Å². The van der Waals surface area contributed by atoms with Crippen molar-refractivity contribution >= 4 is 22.8 Å². The van der Waals surface area contributed by atoms with Crippen LogP contribution in [-0.4, -0.2) is 16.8 Å². The van der Waals surface area contributed by atoms with E-state index in [1.165, 1.54) is 0 Å². The van der Waals surface area contributed by atoms with Gasteiger partial charge in [0.25, 0.3) is 0 Å². The molecule has 5 nitrogen and oxygen atoms in total. The molecule has 0 N–H and O–H groups in total. The second kappa shape index (κ2) is 5.61. The van der Waals surface area contributed by atoms with Crippen LogP contribution >= 0.6 is 11.6 Å². The number of carbonyl (C=O) groups excluding carboxylic acids is 2. The van der Waals surface area contributed by atoms with E-state index in [0.29, 0.717) is 6.42 Å². The SMILES string of the molecule is CC(C)(C)CC(C)(C)OOOC(=O)C(=O)Cl. The van der Waals surface area contributed by atoms with Gasteiger partial charge in [-0.05, 0) is 42.3 Å². The van der Waals surface area contributed by atoms with Crippen molar-refractivity contribution in [2.75, 3.05) is 0 Å². The van der Waals surface area contributed by atoms with Gasteiger partial charge in [-0.2, -0.15) is 4.89 Å². The van der Waals surface area contributed by atoms with Crippen LogP contribution in [0.25, 0.3) is 0 Å². The smallest absolute Gasteiger partial charge is 0.268 e. The Balaban J connectivity index is 4.01. The van der Waals surface area contributed by atoms with Crippen LogP contribution < -0.4 is 0 Å². The summed E-state index contributed by atoms with van der Waals surface area (Å²) in [5, 5.41) is 2.95. The maximum Gasteiger partial charge on any atom is 0.427 e. The average molecular weight is 253 g/mol. The first-order chi connectivity index (χ1) is 7.03. The van der Waals surface area contributed by atoms with Crippen LogP contribution in [0, 0.1) is 5.41 Å². The first-order valence-electron chi connectivity index (χ1n) is 4.80.